The second kappa shape index (κ2) is 47.0. The first-order valence-electron chi connectivity index (χ1n) is 25.7. The number of quaternary nitrogens is 1. The molecule has 9 nitrogen and oxygen atoms in total. The fourth-order valence-electron chi connectivity index (χ4n) is 6.69. The van der Waals surface area contributed by atoms with E-state index >= 15 is 0 Å². The number of likely N-dealkylation sites (N-methyl/N-ethyl adjacent to an activating group) is 1. The van der Waals surface area contributed by atoms with Crippen LogP contribution in [0.3, 0.4) is 0 Å². The molecule has 0 aromatic carbocycles. The van der Waals surface area contributed by atoms with E-state index in [4.69, 9.17) is 18.9 Å². The van der Waals surface area contributed by atoms with Crippen molar-refractivity contribution < 1.29 is 42.9 Å². The number of unbranched alkanes of at least 4 members (excludes halogenated alkanes) is 17. The molecule has 0 aliphatic heterocycles. The molecule has 372 valence electrons. The Morgan fingerprint density at radius 3 is 1.31 bits per heavy atom. The molecule has 0 saturated carbocycles. The Labute approximate surface area is 398 Å². The number of carboxylic acid groups (broad SMARTS) is 1. The van der Waals surface area contributed by atoms with E-state index < -0.39 is 24.3 Å². The van der Waals surface area contributed by atoms with Gasteiger partial charge >= 0.3 is 11.9 Å². The number of hydrogen-bond acceptors (Lipinski definition) is 8. The highest BCUT2D eigenvalue weighted by Crippen LogP contribution is 2.14. The van der Waals surface area contributed by atoms with Crippen LogP contribution in [0.2, 0.25) is 0 Å². The van der Waals surface area contributed by atoms with E-state index in [1.165, 1.54) is 70.6 Å². The van der Waals surface area contributed by atoms with Crippen LogP contribution in [0.1, 0.15) is 194 Å². The lowest BCUT2D eigenvalue weighted by molar-refractivity contribution is -0.870. The molecular weight excluding hydrogens is 815 g/mol. The zero-order valence-corrected chi connectivity index (χ0v) is 42.1. The summed E-state index contributed by atoms with van der Waals surface area (Å²) in [6, 6.07) is 0. The molecule has 0 amide bonds. The van der Waals surface area contributed by atoms with Crippen molar-refractivity contribution in [2.24, 2.45) is 0 Å². The number of carbonyl (C=O) groups is 3. The number of carbonyl (C=O) groups excluding carboxylic acids is 3. The van der Waals surface area contributed by atoms with Gasteiger partial charge in [0.2, 0.25) is 0 Å². The molecule has 2 unspecified atom stereocenters. The molecule has 0 heterocycles. The van der Waals surface area contributed by atoms with Gasteiger partial charge in [0.1, 0.15) is 13.2 Å². The molecule has 0 N–H and O–H groups in total. The summed E-state index contributed by atoms with van der Waals surface area (Å²) in [6.07, 6.45) is 57.8. The van der Waals surface area contributed by atoms with E-state index in [0.717, 1.165) is 89.9 Å². The smallest absolute Gasteiger partial charge is 0.306 e. The Morgan fingerprint density at radius 1 is 0.477 bits per heavy atom. The zero-order valence-electron chi connectivity index (χ0n) is 42.1. The first-order chi connectivity index (χ1) is 31.6. The van der Waals surface area contributed by atoms with Crippen molar-refractivity contribution >= 4 is 17.9 Å². The molecule has 0 aliphatic carbocycles. The number of allylic oxidation sites excluding steroid dienone is 14. The quantitative estimate of drug-likeness (QED) is 0.0195. The topological polar surface area (TPSA) is 111 Å². The van der Waals surface area contributed by atoms with Crippen molar-refractivity contribution in [3.8, 4) is 0 Å². The lowest BCUT2D eigenvalue weighted by Gasteiger charge is -2.26. The van der Waals surface area contributed by atoms with Crippen molar-refractivity contribution in [1.82, 2.24) is 0 Å². The van der Waals surface area contributed by atoms with E-state index in [9.17, 15) is 19.5 Å². The van der Waals surface area contributed by atoms with Gasteiger partial charge in [-0.1, -0.05) is 195 Å². The van der Waals surface area contributed by atoms with Crippen LogP contribution in [-0.2, 0) is 33.3 Å². The van der Waals surface area contributed by atoms with Crippen molar-refractivity contribution in [3.63, 3.8) is 0 Å². The minimum absolute atomic E-state index is 0.144. The Kier molecular flexibility index (Phi) is 44.4. The van der Waals surface area contributed by atoms with E-state index in [1.54, 1.807) is 0 Å². The Balaban J connectivity index is 4.20. The van der Waals surface area contributed by atoms with Gasteiger partial charge in [0, 0.05) is 12.8 Å². The number of rotatable bonds is 46. The van der Waals surface area contributed by atoms with E-state index in [0.29, 0.717) is 17.4 Å². The number of aliphatic carboxylic acids is 1. The van der Waals surface area contributed by atoms with Crippen LogP contribution < -0.4 is 5.11 Å². The van der Waals surface area contributed by atoms with Crippen molar-refractivity contribution in [3.05, 3.63) is 85.1 Å². The first kappa shape index (κ1) is 61.5. The first-order valence-corrected chi connectivity index (χ1v) is 25.7. The van der Waals surface area contributed by atoms with Crippen LogP contribution in [0, 0.1) is 0 Å². The van der Waals surface area contributed by atoms with Crippen LogP contribution in [-0.4, -0.2) is 82.3 Å². The van der Waals surface area contributed by atoms with Gasteiger partial charge in [0.15, 0.2) is 12.4 Å². The summed E-state index contributed by atoms with van der Waals surface area (Å²) in [6.45, 7) is 4.58. The zero-order chi connectivity index (χ0) is 47.7. The van der Waals surface area contributed by atoms with Gasteiger partial charge in [0.25, 0.3) is 0 Å². The Morgan fingerprint density at radius 2 is 0.877 bits per heavy atom. The summed E-state index contributed by atoms with van der Waals surface area (Å²) < 4.78 is 22.5. The fraction of sp³-hybridized carbons (Fsp3) is 0.696. The molecular formula is C56H95NO8. The molecule has 0 aromatic heterocycles. The van der Waals surface area contributed by atoms with Crippen LogP contribution in [0.4, 0.5) is 0 Å². The van der Waals surface area contributed by atoms with Gasteiger partial charge in [-0.2, -0.15) is 0 Å². The normalized spacial score (nSPS) is 13.6. The monoisotopic (exact) mass is 910 g/mol. The molecule has 9 heteroatoms. The molecule has 0 aromatic rings. The van der Waals surface area contributed by atoms with Gasteiger partial charge in [-0.15, -0.1) is 0 Å². The van der Waals surface area contributed by atoms with Gasteiger partial charge in [-0.05, 0) is 70.6 Å². The third kappa shape index (κ3) is 48.2. The summed E-state index contributed by atoms with van der Waals surface area (Å²) >= 11 is 0. The predicted molar refractivity (Wildman–Crippen MR) is 269 cm³/mol. The minimum atomic E-state index is -1.62. The maximum Gasteiger partial charge on any atom is 0.306 e. The number of hydrogen-bond donors (Lipinski definition) is 0. The highest BCUT2D eigenvalue weighted by molar-refractivity contribution is 5.70. The highest BCUT2D eigenvalue weighted by atomic mass is 16.7. The molecule has 0 saturated heterocycles. The lowest BCUT2D eigenvalue weighted by atomic mass is 10.1. The maximum absolute atomic E-state index is 12.8. The molecule has 0 bridgehead atoms. The minimum Gasteiger partial charge on any atom is -0.545 e. The van der Waals surface area contributed by atoms with Crippen LogP contribution in [0.15, 0.2) is 85.1 Å². The summed E-state index contributed by atoms with van der Waals surface area (Å²) in [5.41, 5.74) is 0. The van der Waals surface area contributed by atoms with Crippen LogP contribution in [0.25, 0.3) is 0 Å². The predicted octanol–water partition coefficient (Wildman–Crippen LogP) is 13.1. The highest BCUT2D eigenvalue weighted by Gasteiger charge is 2.21. The number of ether oxygens (including phenoxy) is 4. The van der Waals surface area contributed by atoms with Crippen LogP contribution >= 0.6 is 0 Å². The average Bonchev–Trinajstić information content (AvgIpc) is 3.27. The summed E-state index contributed by atoms with van der Waals surface area (Å²) in [7, 11) is 5.90. The van der Waals surface area contributed by atoms with Gasteiger partial charge < -0.3 is 33.3 Å². The SMILES string of the molecule is CC/C=C\C/C=C\C/C=C\C/C=C\C/C=C\C/C=C\C/C=C\CCCCCCCCCCCC(=O)OC(COC(=O)CCCCCCCCCCC)COC(OCC[N+](C)(C)C)C(=O)[O-]. The molecule has 65 heavy (non-hydrogen) atoms. The van der Waals surface area contributed by atoms with Gasteiger partial charge in [0.05, 0.1) is 40.3 Å². The molecule has 2 atom stereocenters. The molecule has 0 fully saturated rings. The summed E-state index contributed by atoms with van der Waals surface area (Å²) in [5.74, 6) is -2.30. The van der Waals surface area contributed by atoms with Crippen molar-refractivity contribution in [1.29, 1.82) is 0 Å². The van der Waals surface area contributed by atoms with Gasteiger partial charge in [-0.25, -0.2) is 0 Å². The second-order valence-corrected chi connectivity index (χ2v) is 18.1. The van der Waals surface area contributed by atoms with E-state index in [1.807, 2.05) is 21.1 Å². The standard InChI is InChI=1S/C56H95NO8/c1-6-8-10-12-14-16-17-18-19-20-21-22-23-24-25-26-27-28-29-30-31-32-33-34-35-36-37-39-41-43-45-47-54(59)65-52(51-64-56(55(60)61)62-49-48-57(3,4)5)50-63-53(58)46-44-42-40-38-15-13-11-9-7-2/h8,10,14,16,18-19,21-22,24-25,27-28,30-31,52,56H,6-7,9,11-13,15,17,20,23,26,29,32-51H2,1-5H3/b10-8-,16-14-,19-18-,22-21-,25-24-,28-27-,31-30-. The van der Waals surface area contributed by atoms with Gasteiger partial charge in [-0.3, -0.25) is 9.59 Å². The average molecular weight is 910 g/mol. The summed E-state index contributed by atoms with van der Waals surface area (Å²) in [5, 5.41) is 11.7. The lowest BCUT2D eigenvalue weighted by Crippen LogP contribution is -2.44. The Hall–Kier alpha value is -3.53. The second-order valence-electron chi connectivity index (χ2n) is 18.1. The largest absolute Gasteiger partial charge is 0.545 e. The number of nitrogens with zero attached hydrogens (tertiary/aromatic N) is 1. The third-order valence-electron chi connectivity index (χ3n) is 10.7. The third-order valence-corrected chi connectivity index (χ3v) is 10.7. The molecule has 0 spiro atoms. The van der Waals surface area contributed by atoms with E-state index in [2.05, 4.69) is 98.9 Å². The molecule has 0 aliphatic rings. The summed E-state index contributed by atoms with van der Waals surface area (Å²) in [4.78, 5) is 37.0. The van der Waals surface area contributed by atoms with E-state index in [-0.39, 0.29) is 38.6 Å². The number of carboxylic acids is 1. The molecule has 0 rings (SSSR count). The van der Waals surface area contributed by atoms with Crippen molar-refractivity contribution in [2.45, 2.75) is 206 Å². The number of esters is 2. The van der Waals surface area contributed by atoms with Crippen LogP contribution in [0.5, 0.6) is 0 Å². The maximum atomic E-state index is 12.8. The fourth-order valence-corrected chi connectivity index (χ4v) is 6.69. The Bertz CT molecular complexity index is 1340. The molecule has 0 radical (unpaired) electrons. The van der Waals surface area contributed by atoms with Crippen molar-refractivity contribution in [2.75, 3.05) is 47.5 Å².